The van der Waals surface area contributed by atoms with Gasteiger partial charge in [-0.3, -0.25) is 4.90 Å². The van der Waals surface area contributed by atoms with E-state index in [1.165, 1.54) is 0 Å². The van der Waals surface area contributed by atoms with Crippen LogP contribution in [0.1, 0.15) is 54.9 Å². The van der Waals surface area contributed by atoms with Crippen molar-refractivity contribution in [2.75, 3.05) is 26.7 Å². The molecule has 2 atom stereocenters. The summed E-state index contributed by atoms with van der Waals surface area (Å²) in [6.45, 7) is 17.0. The fourth-order valence-electron chi connectivity index (χ4n) is 1.82. The number of nitrogens with one attached hydrogen (secondary N) is 1. The van der Waals surface area contributed by atoms with Gasteiger partial charge in [-0.1, -0.05) is 6.92 Å². The zero-order valence-electron chi connectivity index (χ0n) is 14.8. The molecule has 0 aliphatic heterocycles. The molecule has 20 heavy (non-hydrogen) atoms. The average molecular weight is 288 g/mol. The zero-order chi connectivity index (χ0) is 16.0. The van der Waals surface area contributed by atoms with Crippen LogP contribution < -0.4 is 5.32 Å². The summed E-state index contributed by atoms with van der Waals surface area (Å²) >= 11 is 0. The maximum absolute atomic E-state index is 9.49. The van der Waals surface area contributed by atoms with Crippen molar-refractivity contribution in [3.8, 4) is 0 Å². The van der Waals surface area contributed by atoms with E-state index in [1.54, 1.807) is 0 Å². The summed E-state index contributed by atoms with van der Waals surface area (Å²) in [6.07, 6.45) is 0.913. The third-order valence-electron chi connectivity index (χ3n) is 3.56. The van der Waals surface area contributed by atoms with Gasteiger partial charge in [0, 0.05) is 24.2 Å². The normalized spacial score (nSPS) is 16.5. The highest BCUT2D eigenvalue weighted by Gasteiger charge is 2.26. The van der Waals surface area contributed by atoms with Gasteiger partial charge in [0.1, 0.15) is 0 Å². The molecule has 2 N–H and O–H groups in total. The molecule has 0 radical (unpaired) electrons. The number of rotatable bonds is 9. The molecule has 0 heterocycles. The van der Waals surface area contributed by atoms with Gasteiger partial charge in [0.15, 0.2) is 0 Å². The van der Waals surface area contributed by atoms with Gasteiger partial charge in [0.25, 0.3) is 0 Å². The van der Waals surface area contributed by atoms with E-state index in [2.05, 4.69) is 51.8 Å². The second kappa shape index (κ2) is 8.32. The van der Waals surface area contributed by atoms with E-state index in [0.29, 0.717) is 13.2 Å². The van der Waals surface area contributed by atoms with Crippen LogP contribution in [0.5, 0.6) is 0 Å². The van der Waals surface area contributed by atoms with Crippen LogP contribution in [0.4, 0.5) is 0 Å². The molecule has 4 heteroatoms. The molecular weight excluding hydrogens is 252 g/mol. The van der Waals surface area contributed by atoms with Gasteiger partial charge in [-0.05, 0) is 55.0 Å². The minimum Gasteiger partial charge on any atom is -0.392 e. The summed E-state index contributed by atoms with van der Waals surface area (Å²) in [5, 5.41) is 13.0. The summed E-state index contributed by atoms with van der Waals surface area (Å²) < 4.78 is 6.07. The van der Waals surface area contributed by atoms with E-state index < -0.39 is 0 Å². The van der Waals surface area contributed by atoms with Gasteiger partial charge >= 0.3 is 0 Å². The number of ether oxygens (including phenoxy) is 1. The second-order valence-electron chi connectivity index (χ2n) is 7.51. The number of hydrogen-bond acceptors (Lipinski definition) is 4. The third kappa shape index (κ3) is 8.90. The minimum atomic E-state index is -0.316. The first-order valence-corrected chi connectivity index (χ1v) is 7.74. The molecule has 0 bridgehead atoms. The Bertz CT molecular complexity index is 260. The molecule has 0 fully saturated rings. The standard InChI is InChI=1S/C16H36N2O2/c1-9-14(10-17-15(3,4)5)20-12-16(6,7)18(8)11-13(2)19/h13-14,17,19H,9-12H2,1-8H3. The van der Waals surface area contributed by atoms with Crippen molar-refractivity contribution < 1.29 is 9.84 Å². The van der Waals surface area contributed by atoms with E-state index in [0.717, 1.165) is 13.0 Å². The topological polar surface area (TPSA) is 44.7 Å². The first kappa shape index (κ1) is 19.8. The Morgan fingerprint density at radius 1 is 1.20 bits per heavy atom. The van der Waals surface area contributed by atoms with Gasteiger partial charge in [0.2, 0.25) is 0 Å². The molecule has 0 aromatic rings. The van der Waals surface area contributed by atoms with Gasteiger partial charge in [0.05, 0.1) is 18.8 Å². The fraction of sp³-hybridized carbons (Fsp3) is 1.00. The molecule has 0 spiro atoms. The van der Waals surface area contributed by atoms with Crippen LogP contribution in [0.15, 0.2) is 0 Å². The lowest BCUT2D eigenvalue weighted by Gasteiger charge is -2.37. The van der Waals surface area contributed by atoms with Gasteiger partial charge in [-0.15, -0.1) is 0 Å². The van der Waals surface area contributed by atoms with Gasteiger partial charge < -0.3 is 15.2 Å². The van der Waals surface area contributed by atoms with Crippen LogP contribution in [0.3, 0.4) is 0 Å². The molecule has 122 valence electrons. The Morgan fingerprint density at radius 2 is 1.75 bits per heavy atom. The number of β-amino-alcohol motifs (C(OH)–C–C–N with tert-alkyl or cyclic N) is 1. The molecular formula is C16H36N2O2. The lowest BCUT2D eigenvalue weighted by molar-refractivity contribution is -0.0303. The molecule has 0 aliphatic carbocycles. The lowest BCUT2D eigenvalue weighted by atomic mass is 10.0. The Balaban J connectivity index is 4.26. The quantitative estimate of drug-likeness (QED) is 0.683. The van der Waals surface area contributed by atoms with Crippen LogP contribution in [-0.2, 0) is 4.74 Å². The third-order valence-corrected chi connectivity index (χ3v) is 3.56. The maximum Gasteiger partial charge on any atom is 0.0697 e. The number of likely N-dealkylation sites (N-methyl/N-ethyl adjacent to an activating group) is 1. The van der Waals surface area contributed by atoms with E-state index in [-0.39, 0.29) is 23.3 Å². The summed E-state index contributed by atoms with van der Waals surface area (Å²) in [6, 6.07) is 0. The van der Waals surface area contributed by atoms with Gasteiger partial charge in [-0.2, -0.15) is 0 Å². The highest BCUT2D eigenvalue weighted by Crippen LogP contribution is 2.15. The van der Waals surface area contributed by atoms with E-state index in [4.69, 9.17) is 4.74 Å². The van der Waals surface area contributed by atoms with Crippen LogP contribution in [0.2, 0.25) is 0 Å². The van der Waals surface area contributed by atoms with Crippen molar-refractivity contribution in [2.24, 2.45) is 0 Å². The molecule has 2 unspecified atom stereocenters. The molecule has 0 saturated heterocycles. The highest BCUT2D eigenvalue weighted by atomic mass is 16.5. The average Bonchev–Trinajstić information content (AvgIpc) is 2.26. The zero-order valence-corrected chi connectivity index (χ0v) is 14.8. The number of aliphatic hydroxyl groups excluding tert-OH is 1. The molecule has 4 nitrogen and oxygen atoms in total. The smallest absolute Gasteiger partial charge is 0.0697 e. The van der Waals surface area contributed by atoms with Crippen LogP contribution in [0, 0.1) is 0 Å². The monoisotopic (exact) mass is 288 g/mol. The van der Waals surface area contributed by atoms with E-state index in [9.17, 15) is 5.11 Å². The van der Waals surface area contributed by atoms with E-state index >= 15 is 0 Å². The molecule has 0 amide bonds. The summed E-state index contributed by atoms with van der Waals surface area (Å²) in [5.74, 6) is 0. The molecule has 0 saturated carbocycles. The Morgan fingerprint density at radius 3 is 2.15 bits per heavy atom. The second-order valence-corrected chi connectivity index (χ2v) is 7.51. The number of aliphatic hydroxyl groups is 1. The number of nitrogens with zero attached hydrogens (tertiary/aromatic N) is 1. The Labute approximate surface area is 125 Å². The predicted molar refractivity (Wildman–Crippen MR) is 86.2 cm³/mol. The predicted octanol–water partition coefficient (Wildman–Crippen LogP) is 2.26. The first-order valence-electron chi connectivity index (χ1n) is 7.74. The highest BCUT2D eigenvalue weighted by molar-refractivity contribution is 4.81. The molecule has 0 aliphatic rings. The van der Waals surface area contributed by atoms with Crippen molar-refractivity contribution in [3.63, 3.8) is 0 Å². The van der Waals surface area contributed by atoms with Crippen molar-refractivity contribution in [1.82, 2.24) is 10.2 Å². The summed E-state index contributed by atoms with van der Waals surface area (Å²) in [7, 11) is 2.03. The summed E-state index contributed by atoms with van der Waals surface area (Å²) in [4.78, 5) is 2.15. The molecule has 0 aromatic carbocycles. The Kier molecular flexibility index (Phi) is 8.26. The summed E-state index contributed by atoms with van der Waals surface area (Å²) in [5.41, 5.74) is 0.0432. The maximum atomic E-state index is 9.49. The van der Waals surface area contributed by atoms with Crippen molar-refractivity contribution >= 4 is 0 Å². The fourth-order valence-corrected chi connectivity index (χ4v) is 1.82. The first-order chi connectivity index (χ1) is 8.98. The van der Waals surface area contributed by atoms with Crippen LogP contribution >= 0.6 is 0 Å². The van der Waals surface area contributed by atoms with Crippen molar-refractivity contribution in [1.29, 1.82) is 0 Å². The molecule has 0 aromatic heterocycles. The minimum absolute atomic E-state index is 0.0772. The lowest BCUT2D eigenvalue weighted by Crippen LogP contribution is -2.49. The van der Waals surface area contributed by atoms with Crippen molar-refractivity contribution in [2.45, 2.75) is 78.2 Å². The van der Waals surface area contributed by atoms with Gasteiger partial charge in [-0.25, -0.2) is 0 Å². The number of hydrogen-bond donors (Lipinski definition) is 2. The molecule has 0 rings (SSSR count). The van der Waals surface area contributed by atoms with Crippen LogP contribution in [0.25, 0.3) is 0 Å². The SMILES string of the molecule is CCC(CNC(C)(C)C)OCC(C)(C)N(C)CC(C)O. The Hall–Kier alpha value is -0.160. The van der Waals surface area contributed by atoms with E-state index in [1.807, 2.05) is 14.0 Å². The van der Waals surface area contributed by atoms with Crippen LogP contribution in [-0.4, -0.2) is 60.0 Å². The van der Waals surface area contributed by atoms with Crippen molar-refractivity contribution in [3.05, 3.63) is 0 Å². The largest absolute Gasteiger partial charge is 0.392 e.